The minimum atomic E-state index is -0.510. The van der Waals surface area contributed by atoms with Crippen molar-refractivity contribution in [3.05, 3.63) is 28.2 Å². The van der Waals surface area contributed by atoms with Crippen molar-refractivity contribution in [2.75, 3.05) is 5.32 Å². The SMILES string of the molecule is Cc1ccc(NC(=O)C[C@H]2SC(N)=NC2=O)c(Br)c1. The molecule has 0 radical (unpaired) electrons. The van der Waals surface area contributed by atoms with E-state index >= 15 is 0 Å². The van der Waals surface area contributed by atoms with Gasteiger partial charge in [-0.3, -0.25) is 9.59 Å². The summed E-state index contributed by atoms with van der Waals surface area (Å²) in [6.07, 6.45) is 0.0635. The van der Waals surface area contributed by atoms with Gasteiger partial charge in [-0.2, -0.15) is 4.99 Å². The maximum atomic E-state index is 11.9. The highest BCUT2D eigenvalue weighted by Gasteiger charge is 2.29. The molecule has 0 fully saturated rings. The van der Waals surface area contributed by atoms with Crippen LogP contribution in [0.15, 0.2) is 27.7 Å². The Bertz CT molecular complexity index is 574. The number of thioether (sulfide) groups is 1. The van der Waals surface area contributed by atoms with Gasteiger partial charge in [-0.1, -0.05) is 17.8 Å². The molecule has 0 spiro atoms. The van der Waals surface area contributed by atoms with Gasteiger partial charge >= 0.3 is 0 Å². The van der Waals surface area contributed by atoms with Gasteiger partial charge in [-0.25, -0.2) is 0 Å². The predicted octanol–water partition coefficient (Wildman–Crippen LogP) is 2.04. The molecule has 1 heterocycles. The summed E-state index contributed by atoms with van der Waals surface area (Å²) >= 11 is 4.51. The van der Waals surface area contributed by atoms with Crippen LogP contribution in [0.5, 0.6) is 0 Å². The number of hydrogen-bond donors (Lipinski definition) is 2. The average molecular weight is 342 g/mol. The predicted molar refractivity (Wildman–Crippen MR) is 80.1 cm³/mol. The van der Waals surface area contributed by atoms with Crippen LogP contribution in [0.3, 0.4) is 0 Å². The molecule has 1 atom stereocenters. The Morgan fingerprint density at radius 2 is 2.32 bits per heavy atom. The summed E-state index contributed by atoms with van der Waals surface area (Å²) in [5, 5.41) is 2.47. The lowest BCUT2D eigenvalue weighted by Gasteiger charge is -2.09. The second kappa shape index (κ2) is 5.75. The van der Waals surface area contributed by atoms with E-state index in [2.05, 4.69) is 26.2 Å². The van der Waals surface area contributed by atoms with Gasteiger partial charge in [0, 0.05) is 10.9 Å². The molecule has 2 amide bonds. The molecule has 0 saturated carbocycles. The number of aliphatic imine (C=N–C) groups is 1. The molecule has 0 unspecified atom stereocenters. The first-order valence-electron chi connectivity index (χ1n) is 5.56. The lowest BCUT2D eigenvalue weighted by atomic mass is 10.2. The number of carbonyl (C=O) groups is 2. The number of nitrogens with zero attached hydrogens (tertiary/aromatic N) is 1. The van der Waals surface area contributed by atoms with Crippen molar-refractivity contribution in [1.82, 2.24) is 0 Å². The van der Waals surface area contributed by atoms with Crippen LogP contribution < -0.4 is 11.1 Å². The highest BCUT2D eigenvalue weighted by atomic mass is 79.9. The van der Waals surface area contributed by atoms with Crippen LogP contribution in [0.2, 0.25) is 0 Å². The average Bonchev–Trinajstić information content (AvgIpc) is 2.61. The standard InChI is InChI=1S/C12H12BrN3O2S/c1-6-2-3-8(7(13)4-6)15-10(17)5-9-11(18)16-12(14)19-9/h2-4,9H,5H2,1H3,(H,15,17)(H2,14,16,18)/t9-/m1/s1. The van der Waals surface area contributed by atoms with E-state index in [-0.39, 0.29) is 23.4 Å². The molecule has 100 valence electrons. The highest BCUT2D eigenvalue weighted by Crippen LogP contribution is 2.26. The second-order valence-electron chi connectivity index (χ2n) is 4.13. The van der Waals surface area contributed by atoms with Gasteiger partial charge in [-0.05, 0) is 40.5 Å². The summed E-state index contributed by atoms with van der Waals surface area (Å²) in [4.78, 5) is 26.9. The zero-order valence-corrected chi connectivity index (χ0v) is 12.5. The molecule has 1 aliphatic rings. The third kappa shape index (κ3) is 3.57. The second-order valence-corrected chi connectivity index (χ2v) is 6.21. The van der Waals surface area contributed by atoms with Crippen molar-refractivity contribution in [3.63, 3.8) is 0 Å². The van der Waals surface area contributed by atoms with E-state index in [1.807, 2.05) is 25.1 Å². The Kier molecular flexibility index (Phi) is 4.26. The third-order valence-electron chi connectivity index (χ3n) is 2.53. The molecule has 0 bridgehead atoms. The van der Waals surface area contributed by atoms with Crippen LogP contribution >= 0.6 is 27.7 Å². The lowest BCUT2D eigenvalue weighted by Crippen LogP contribution is -2.21. The van der Waals surface area contributed by atoms with Crippen LogP contribution in [0, 0.1) is 6.92 Å². The lowest BCUT2D eigenvalue weighted by molar-refractivity contribution is -0.121. The minimum Gasteiger partial charge on any atom is -0.378 e. The van der Waals surface area contributed by atoms with Gasteiger partial charge in [-0.15, -0.1) is 0 Å². The Morgan fingerprint density at radius 1 is 1.58 bits per heavy atom. The zero-order valence-electron chi connectivity index (χ0n) is 10.1. The number of nitrogens with two attached hydrogens (primary N) is 1. The smallest absolute Gasteiger partial charge is 0.262 e. The van der Waals surface area contributed by atoms with E-state index in [9.17, 15) is 9.59 Å². The van der Waals surface area contributed by atoms with E-state index in [0.717, 1.165) is 21.8 Å². The van der Waals surface area contributed by atoms with Crippen molar-refractivity contribution < 1.29 is 9.59 Å². The molecule has 3 N–H and O–H groups in total. The number of nitrogens with one attached hydrogen (secondary N) is 1. The quantitative estimate of drug-likeness (QED) is 0.880. The number of aryl methyl sites for hydroxylation is 1. The molecule has 7 heteroatoms. The molecule has 19 heavy (non-hydrogen) atoms. The first-order chi connectivity index (χ1) is 8.95. The largest absolute Gasteiger partial charge is 0.378 e. The van der Waals surface area contributed by atoms with Crippen molar-refractivity contribution in [3.8, 4) is 0 Å². The topological polar surface area (TPSA) is 84.6 Å². The Morgan fingerprint density at radius 3 is 2.89 bits per heavy atom. The first-order valence-corrected chi connectivity index (χ1v) is 7.23. The molecule has 1 aromatic rings. The third-order valence-corrected chi connectivity index (χ3v) is 4.17. The fourth-order valence-electron chi connectivity index (χ4n) is 1.62. The van der Waals surface area contributed by atoms with E-state index in [1.54, 1.807) is 0 Å². The molecular formula is C12H12BrN3O2S. The van der Waals surface area contributed by atoms with Crippen LogP contribution in [0.25, 0.3) is 0 Å². The number of rotatable bonds is 3. The first kappa shape index (κ1) is 14.1. The van der Waals surface area contributed by atoms with E-state index < -0.39 is 5.25 Å². The van der Waals surface area contributed by atoms with Gasteiger partial charge in [0.15, 0.2) is 5.17 Å². The molecule has 1 aromatic carbocycles. The monoisotopic (exact) mass is 341 g/mol. The Balaban J connectivity index is 1.97. The van der Waals surface area contributed by atoms with Gasteiger partial charge in [0.25, 0.3) is 5.91 Å². The molecule has 5 nitrogen and oxygen atoms in total. The maximum Gasteiger partial charge on any atom is 0.262 e. The fraction of sp³-hybridized carbons (Fsp3) is 0.250. The summed E-state index contributed by atoms with van der Waals surface area (Å²) in [6, 6.07) is 5.62. The van der Waals surface area contributed by atoms with Crippen LogP contribution in [0.4, 0.5) is 5.69 Å². The number of carbonyl (C=O) groups excluding carboxylic acids is 2. The number of amidine groups is 1. The van der Waals surface area contributed by atoms with E-state index in [0.29, 0.717) is 5.69 Å². The van der Waals surface area contributed by atoms with Gasteiger partial charge in [0.2, 0.25) is 5.91 Å². The van der Waals surface area contributed by atoms with Crippen LogP contribution in [0.1, 0.15) is 12.0 Å². The summed E-state index contributed by atoms with van der Waals surface area (Å²) < 4.78 is 0.807. The number of amides is 2. The number of anilines is 1. The van der Waals surface area contributed by atoms with E-state index in [4.69, 9.17) is 5.73 Å². The zero-order chi connectivity index (χ0) is 14.0. The van der Waals surface area contributed by atoms with Crippen LogP contribution in [-0.2, 0) is 9.59 Å². The minimum absolute atomic E-state index is 0.0635. The Labute approximate surface area is 123 Å². The number of benzene rings is 1. The van der Waals surface area contributed by atoms with Gasteiger partial charge in [0.05, 0.1) is 5.69 Å². The van der Waals surface area contributed by atoms with Crippen LogP contribution in [-0.4, -0.2) is 22.2 Å². The molecule has 1 aliphatic heterocycles. The molecule has 2 rings (SSSR count). The maximum absolute atomic E-state index is 11.9. The number of halogens is 1. The Hall–Kier alpha value is -1.34. The summed E-state index contributed by atoms with van der Waals surface area (Å²) in [6.45, 7) is 1.96. The molecular weight excluding hydrogens is 330 g/mol. The summed E-state index contributed by atoms with van der Waals surface area (Å²) in [5.74, 6) is -0.582. The normalized spacial score (nSPS) is 18.3. The van der Waals surface area contributed by atoms with Gasteiger partial charge in [0.1, 0.15) is 5.25 Å². The molecule has 0 aromatic heterocycles. The fourth-order valence-corrected chi connectivity index (χ4v) is 3.04. The number of hydrogen-bond acceptors (Lipinski definition) is 4. The molecule has 0 saturated heterocycles. The van der Waals surface area contributed by atoms with Crippen molar-refractivity contribution in [2.24, 2.45) is 10.7 Å². The molecule has 0 aliphatic carbocycles. The van der Waals surface area contributed by atoms with Gasteiger partial charge < -0.3 is 11.1 Å². The van der Waals surface area contributed by atoms with E-state index in [1.165, 1.54) is 0 Å². The highest BCUT2D eigenvalue weighted by molar-refractivity contribution is 9.10. The van der Waals surface area contributed by atoms with Crippen molar-refractivity contribution in [1.29, 1.82) is 0 Å². The summed E-state index contributed by atoms with van der Waals surface area (Å²) in [5.41, 5.74) is 7.21. The summed E-state index contributed by atoms with van der Waals surface area (Å²) in [7, 11) is 0. The van der Waals surface area contributed by atoms with Crippen molar-refractivity contribution >= 4 is 50.4 Å². The van der Waals surface area contributed by atoms with Crippen molar-refractivity contribution in [2.45, 2.75) is 18.6 Å².